The van der Waals surface area contributed by atoms with E-state index in [1.54, 1.807) is 0 Å². The van der Waals surface area contributed by atoms with Gasteiger partial charge in [-0.05, 0) is 25.2 Å². The molecule has 14 heavy (non-hydrogen) atoms. The Morgan fingerprint density at radius 2 is 2.07 bits per heavy atom. The Morgan fingerprint density at radius 3 is 2.71 bits per heavy atom. The van der Waals surface area contributed by atoms with Gasteiger partial charge in [0.1, 0.15) is 0 Å². The predicted octanol–water partition coefficient (Wildman–Crippen LogP) is 1.61. The van der Waals surface area contributed by atoms with Gasteiger partial charge in [-0.3, -0.25) is 9.69 Å². The van der Waals surface area contributed by atoms with Crippen LogP contribution in [0.5, 0.6) is 0 Å². The zero-order valence-corrected chi connectivity index (χ0v) is 9.30. The molecule has 2 aliphatic rings. The van der Waals surface area contributed by atoms with Crippen LogP contribution >= 0.6 is 12.4 Å². The summed E-state index contributed by atoms with van der Waals surface area (Å²) in [6, 6.07) is 0.686. The number of hydrogen-bond donors (Lipinski definition) is 1. The first-order chi connectivity index (χ1) is 6.16. The SMILES string of the molecule is CC1CC2CCC(C(=O)O)CN2C1.Cl. The van der Waals surface area contributed by atoms with Gasteiger partial charge < -0.3 is 5.11 Å². The third-order valence-electron chi connectivity index (χ3n) is 3.39. The molecule has 1 N–H and O–H groups in total. The van der Waals surface area contributed by atoms with Crippen LogP contribution in [-0.2, 0) is 4.79 Å². The molecular weight excluding hydrogens is 202 g/mol. The van der Waals surface area contributed by atoms with Crippen molar-refractivity contribution in [1.82, 2.24) is 4.90 Å². The van der Waals surface area contributed by atoms with Crippen molar-refractivity contribution in [2.24, 2.45) is 11.8 Å². The lowest BCUT2D eigenvalue weighted by molar-refractivity contribution is -0.143. The quantitative estimate of drug-likeness (QED) is 0.729. The standard InChI is InChI=1S/C10H17NO2.ClH/c1-7-4-9-3-2-8(10(12)13)6-11(9)5-7;/h7-9H,2-6H2,1H3,(H,12,13);1H. The van der Waals surface area contributed by atoms with Crippen LogP contribution < -0.4 is 0 Å². The number of halogens is 1. The molecule has 82 valence electrons. The van der Waals surface area contributed by atoms with E-state index in [4.69, 9.17) is 5.11 Å². The summed E-state index contributed by atoms with van der Waals surface area (Å²) in [7, 11) is 0. The van der Waals surface area contributed by atoms with Gasteiger partial charge in [-0.1, -0.05) is 6.92 Å². The zero-order valence-electron chi connectivity index (χ0n) is 8.48. The number of carboxylic acid groups (broad SMARTS) is 1. The molecule has 0 aliphatic carbocycles. The fraction of sp³-hybridized carbons (Fsp3) is 0.900. The highest BCUT2D eigenvalue weighted by molar-refractivity contribution is 5.85. The average molecular weight is 220 g/mol. The molecule has 3 nitrogen and oxygen atoms in total. The molecule has 0 aromatic carbocycles. The van der Waals surface area contributed by atoms with E-state index < -0.39 is 5.97 Å². The topological polar surface area (TPSA) is 40.5 Å². The Labute approximate surface area is 90.9 Å². The molecule has 4 heteroatoms. The van der Waals surface area contributed by atoms with E-state index in [1.807, 2.05) is 0 Å². The van der Waals surface area contributed by atoms with Gasteiger partial charge in [0.15, 0.2) is 0 Å². The van der Waals surface area contributed by atoms with Crippen molar-refractivity contribution in [3.63, 3.8) is 0 Å². The van der Waals surface area contributed by atoms with Crippen molar-refractivity contribution in [1.29, 1.82) is 0 Å². The third-order valence-corrected chi connectivity index (χ3v) is 3.39. The second kappa shape index (κ2) is 4.49. The van der Waals surface area contributed by atoms with E-state index in [-0.39, 0.29) is 18.3 Å². The Hall–Kier alpha value is -0.280. The number of piperidine rings is 1. The molecule has 3 unspecified atom stereocenters. The van der Waals surface area contributed by atoms with Gasteiger partial charge in [0.05, 0.1) is 5.92 Å². The van der Waals surface area contributed by atoms with Crippen molar-refractivity contribution in [3.05, 3.63) is 0 Å². The Kier molecular flexibility index (Phi) is 3.78. The third kappa shape index (κ3) is 2.20. The second-order valence-corrected chi connectivity index (χ2v) is 4.56. The van der Waals surface area contributed by atoms with Gasteiger partial charge in [0, 0.05) is 19.1 Å². The molecule has 0 spiro atoms. The highest BCUT2D eigenvalue weighted by atomic mass is 35.5. The van der Waals surface area contributed by atoms with Gasteiger partial charge >= 0.3 is 5.97 Å². The van der Waals surface area contributed by atoms with Gasteiger partial charge in [-0.25, -0.2) is 0 Å². The van der Waals surface area contributed by atoms with Gasteiger partial charge in [-0.2, -0.15) is 0 Å². The lowest BCUT2D eigenvalue weighted by Gasteiger charge is -2.32. The molecule has 0 aromatic heterocycles. The smallest absolute Gasteiger partial charge is 0.307 e. The van der Waals surface area contributed by atoms with Crippen LogP contribution in [0.3, 0.4) is 0 Å². The van der Waals surface area contributed by atoms with Crippen molar-refractivity contribution >= 4 is 18.4 Å². The minimum Gasteiger partial charge on any atom is -0.481 e. The van der Waals surface area contributed by atoms with Crippen LogP contribution in [-0.4, -0.2) is 35.1 Å². The summed E-state index contributed by atoms with van der Waals surface area (Å²) in [6.07, 6.45) is 3.23. The number of fused-ring (bicyclic) bond motifs is 1. The Balaban J connectivity index is 0.000000980. The molecule has 2 fully saturated rings. The normalized spacial score (nSPS) is 37.4. The number of aliphatic carboxylic acids is 1. The van der Waals surface area contributed by atoms with E-state index in [2.05, 4.69) is 11.8 Å². The highest BCUT2D eigenvalue weighted by Gasteiger charge is 2.36. The van der Waals surface area contributed by atoms with Crippen molar-refractivity contribution in [3.8, 4) is 0 Å². The molecule has 0 saturated carbocycles. The van der Waals surface area contributed by atoms with E-state index in [9.17, 15) is 4.79 Å². The maximum Gasteiger partial charge on any atom is 0.307 e. The number of nitrogens with zero attached hydrogens (tertiary/aromatic N) is 1. The predicted molar refractivity (Wildman–Crippen MR) is 56.7 cm³/mol. The summed E-state index contributed by atoms with van der Waals surface area (Å²) < 4.78 is 0. The maximum atomic E-state index is 10.8. The van der Waals surface area contributed by atoms with Crippen LogP contribution in [0, 0.1) is 11.8 Å². The molecule has 2 saturated heterocycles. The summed E-state index contributed by atoms with van der Waals surface area (Å²) in [5, 5.41) is 8.90. The van der Waals surface area contributed by atoms with Gasteiger partial charge in [0.25, 0.3) is 0 Å². The molecule has 0 bridgehead atoms. The number of rotatable bonds is 1. The lowest BCUT2D eigenvalue weighted by atomic mass is 9.93. The second-order valence-electron chi connectivity index (χ2n) is 4.56. The number of carbonyl (C=O) groups is 1. The monoisotopic (exact) mass is 219 g/mol. The summed E-state index contributed by atoms with van der Waals surface area (Å²) >= 11 is 0. The van der Waals surface area contributed by atoms with Gasteiger partial charge in [0.2, 0.25) is 0 Å². The van der Waals surface area contributed by atoms with Crippen LogP contribution in [0.1, 0.15) is 26.2 Å². The van der Waals surface area contributed by atoms with E-state index >= 15 is 0 Å². The Bertz CT molecular complexity index is 222. The molecule has 0 aromatic rings. The van der Waals surface area contributed by atoms with E-state index in [0.717, 1.165) is 31.8 Å². The summed E-state index contributed by atoms with van der Waals surface area (Å²) in [4.78, 5) is 13.2. The fourth-order valence-corrected chi connectivity index (χ4v) is 2.73. The first-order valence-corrected chi connectivity index (χ1v) is 5.13. The van der Waals surface area contributed by atoms with Crippen LogP contribution in [0.15, 0.2) is 0 Å². The molecule has 2 heterocycles. The molecule has 0 amide bonds. The minimum absolute atomic E-state index is 0. The van der Waals surface area contributed by atoms with Gasteiger partial charge in [-0.15, -0.1) is 12.4 Å². The largest absolute Gasteiger partial charge is 0.481 e. The molecular formula is C10H18ClNO2. The van der Waals surface area contributed by atoms with Crippen molar-refractivity contribution in [2.45, 2.75) is 32.2 Å². The molecule has 0 radical (unpaired) electrons. The lowest BCUT2D eigenvalue weighted by Crippen LogP contribution is -2.41. The summed E-state index contributed by atoms with van der Waals surface area (Å²) in [6.45, 7) is 4.15. The first-order valence-electron chi connectivity index (χ1n) is 5.13. The van der Waals surface area contributed by atoms with Crippen LogP contribution in [0.25, 0.3) is 0 Å². The average Bonchev–Trinajstić information content (AvgIpc) is 2.42. The maximum absolute atomic E-state index is 10.8. The molecule has 2 aliphatic heterocycles. The van der Waals surface area contributed by atoms with Crippen molar-refractivity contribution < 1.29 is 9.90 Å². The minimum atomic E-state index is -0.613. The summed E-state index contributed by atoms with van der Waals surface area (Å²) in [5.74, 6) is 0.0390. The van der Waals surface area contributed by atoms with Crippen LogP contribution in [0.4, 0.5) is 0 Å². The fourth-order valence-electron chi connectivity index (χ4n) is 2.73. The zero-order chi connectivity index (χ0) is 9.42. The van der Waals surface area contributed by atoms with E-state index in [1.165, 1.54) is 6.42 Å². The van der Waals surface area contributed by atoms with E-state index in [0.29, 0.717) is 6.04 Å². The highest BCUT2D eigenvalue weighted by Crippen LogP contribution is 2.32. The molecule has 3 atom stereocenters. The van der Waals surface area contributed by atoms with Crippen molar-refractivity contribution in [2.75, 3.05) is 13.1 Å². The van der Waals surface area contributed by atoms with Crippen LogP contribution in [0.2, 0.25) is 0 Å². The molecule has 2 rings (SSSR count). The first kappa shape index (κ1) is 11.8. The number of carboxylic acids is 1. The Morgan fingerprint density at radius 1 is 1.36 bits per heavy atom. The summed E-state index contributed by atoms with van der Waals surface area (Å²) in [5.41, 5.74) is 0. The number of hydrogen-bond acceptors (Lipinski definition) is 2.